The van der Waals surface area contributed by atoms with Crippen molar-refractivity contribution in [2.75, 3.05) is 13.1 Å². The molecule has 1 aliphatic heterocycles. The lowest BCUT2D eigenvalue weighted by atomic mass is 9.32. The third kappa shape index (κ3) is 2.96. The van der Waals surface area contributed by atoms with Crippen LogP contribution >= 0.6 is 0 Å². The number of carbonyl (C=O) groups excluding carboxylic acids is 1. The van der Waals surface area contributed by atoms with Crippen LogP contribution < -0.4 is 20.5 Å². The van der Waals surface area contributed by atoms with E-state index in [1.54, 1.807) is 4.90 Å². The summed E-state index contributed by atoms with van der Waals surface area (Å²) in [7, 11) is -3.85. The molecule has 186 valence electrons. The number of sulfonamides is 1. The molecule has 5 fully saturated rings. The van der Waals surface area contributed by atoms with Crippen LogP contribution in [0.5, 0.6) is 5.75 Å². The number of alkyl halides is 2. The van der Waals surface area contributed by atoms with Crippen LogP contribution in [-0.2, 0) is 14.8 Å². The molecule has 1 saturated heterocycles. The molecule has 6 atom stereocenters. The number of carbonyl (C=O) groups is 1. The quantitative estimate of drug-likeness (QED) is 0.506. The average Bonchev–Trinajstić information content (AvgIpc) is 3.39. The maximum Gasteiger partial charge on any atom is 0.387 e. The van der Waals surface area contributed by atoms with Crippen LogP contribution in [0.3, 0.4) is 0 Å². The van der Waals surface area contributed by atoms with Gasteiger partial charge in [-0.25, -0.2) is 13.1 Å². The van der Waals surface area contributed by atoms with Crippen LogP contribution in [0, 0.1) is 17.3 Å². The second-order valence-corrected chi connectivity index (χ2v) is 12.5. The highest BCUT2D eigenvalue weighted by Gasteiger charge is 2.87. The van der Waals surface area contributed by atoms with Crippen molar-refractivity contribution in [1.29, 1.82) is 0 Å². The van der Waals surface area contributed by atoms with Gasteiger partial charge in [0, 0.05) is 23.0 Å². The minimum Gasteiger partial charge on any atom is -0.435 e. The molecule has 0 aromatic heterocycles. The highest BCUT2D eigenvalue weighted by molar-refractivity contribution is 7.89. The van der Waals surface area contributed by atoms with Crippen molar-refractivity contribution in [2.24, 2.45) is 23.0 Å². The molecule has 1 aromatic rings. The minimum absolute atomic E-state index is 0.0126. The van der Waals surface area contributed by atoms with Crippen LogP contribution in [0.25, 0.3) is 0 Å². The van der Waals surface area contributed by atoms with Crippen molar-refractivity contribution < 1.29 is 26.7 Å². The summed E-state index contributed by atoms with van der Waals surface area (Å²) < 4.78 is 58.8. The second kappa shape index (κ2) is 7.35. The SMILES string of the molecule is N[C@@H]1CCCN1C(=O)CNC12CC3CC4(NS(=O)(=O)c5ccc(OC(F)F)cc5)CC(C1)C24C3. The Morgan fingerprint density at radius 2 is 1.85 bits per heavy atom. The maximum atomic E-state index is 13.3. The van der Waals surface area contributed by atoms with Gasteiger partial charge in [-0.1, -0.05) is 0 Å². The number of ether oxygens (including phenoxy) is 1. The van der Waals surface area contributed by atoms with Gasteiger partial charge in [-0.2, -0.15) is 8.78 Å². The van der Waals surface area contributed by atoms with Gasteiger partial charge in [-0.05, 0) is 81.0 Å². The van der Waals surface area contributed by atoms with Gasteiger partial charge < -0.3 is 20.7 Å². The number of nitrogens with zero attached hydrogens (tertiary/aromatic N) is 1. The van der Waals surface area contributed by atoms with Crippen LogP contribution in [0.2, 0.25) is 0 Å². The van der Waals surface area contributed by atoms with Crippen molar-refractivity contribution in [3.05, 3.63) is 24.3 Å². The second-order valence-electron chi connectivity index (χ2n) is 10.8. The first-order chi connectivity index (χ1) is 16.1. The van der Waals surface area contributed by atoms with Gasteiger partial charge in [0.05, 0.1) is 17.6 Å². The van der Waals surface area contributed by atoms with E-state index in [9.17, 15) is 22.0 Å². The van der Waals surface area contributed by atoms with Crippen LogP contribution in [-0.4, -0.2) is 56.2 Å². The molecule has 4 aliphatic carbocycles. The van der Waals surface area contributed by atoms with Gasteiger partial charge in [0.15, 0.2) is 0 Å². The number of rotatable bonds is 8. The van der Waals surface area contributed by atoms with Crippen LogP contribution in [0.4, 0.5) is 8.78 Å². The zero-order valence-electron chi connectivity index (χ0n) is 18.8. The number of likely N-dealkylation sites (tertiary alicyclic amines) is 1. The molecule has 1 heterocycles. The predicted octanol–water partition coefficient (Wildman–Crippen LogP) is 1.76. The van der Waals surface area contributed by atoms with Gasteiger partial charge in [-0.15, -0.1) is 0 Å². The zero-order valence-corrected chi connectivity index (χ0v) is 19.6. The van der Waals surface area contributed by atoms with Crippen molar-refractivity contribution >= 4 is 15.9 Å². The standard InChI is InChI=1S/C23H30F2N4O4S/c24-20(25)33-16-3-5-17(6-4-16)34(31,32)28-22-9-14-8-21(11-15(12-22)23(21,22)10-14)27-13-19(30)29-7-1-2-18(29)26/h3-6,14-15,18,20,27-28H,1-2,7-13,26H2/t14?,15?,18-,21?,22?,23?/m0/s1. The fourth-order valence-electron chi connectivity index (χ4n) is 8.39. The Kier molecular flexibility index (Phi) is 4.89. The normalized spacial score (nSPS) is 39.6. The summed E-state index contributed by atoms with van der Waals surface area (Å²) in [5, 5.41) is 3.58. The van der Waals surface area contributed by atoms with Crippen molar-refractivity contribution in [3.8, 4) is 5.75 Å². The first kappa shape index (κ1) is 22.6. The third-order valence-electron chi connectivity index (χ3n) is 9.37. The molecule has 0 radical (unpaired) electrons. The molecule has 8 nitrogen and oxygen atoms in total. The smallest absolute Gasteiger partial charge is 0.387 e. The number of amides is 1. The molecule has 5 unspecified atom stereocenters. The fraction of sp³-hybridized carbons (Fsp3) is 0.696. The minimum atomic E-state index is -3.85. The molecule has 4 saturated carbocycles. The molecule has 34 heavy (non-hydrogen) atoms. The van der Waals surface area contributed by atoms with Crippen LogP contribution in [0.15, 0.2) is 29.2 Å². The van der Waals surface area contributed by atoms with Gasteiger partial charge in [-0.3, -0.25) is 4.79 Å². The van der Waals surface area contributed by atoms with Gasteiger partial charge in [0.1, 0.15) is 5.75 Å². The highest BCUT2D eigenvalue weighted by atomic mass is 32.2. The summed E-state index contributed by atoms with van der Waals surface area (Å²) >= 11 is 0. The Balaban J connectivity index is 1.19. The highest BCUT2D eigenvalue weighted by Crippen LogP contribution is 2.84. The Hall–Kier alpha value is -1.82. The topological polar surface area (TPSA) is 114 Å². The lowest BCUT2D eigenvalue weighted by Gasteiger charge is -2.77. The van der Waals surface area contributed by atoms with Crippen molar-refractivity contribution in [1.82, 2.24) is 14.9 Å². The number of fused-ring (bicyclic) bond motifs is 1. The van der Waals surface area contributed by atoms with Crippen molar-refractivity contribution in [2.45, 2.75) is 73.7 Å². The lowest BCUT2D eigenvalue weighted by Crippen LogP contribution is -2.86. The molecule has 1 aromatic carbocycles. The molecule has 1 spiro atoms. The Labute approximate surface area is 197 Å². The van der Waals surface area contributed by atoms with E-state index in [0.29, 0.717) is 18.4 Å². The first-order valence-electron chi connectivity index (χ1n) is 12.0. The molecule has 4 N–H and O–H groups in total. The summed E-state index contributed by atoms with van der Waals surface area (Å²) in [6.45, 7) is -2.05. The first-order valence-corrected chi connectivity index (χ1v) is 13.5. The van der Waals surface area contributed by atoms with E-state index < -0.39 is 22.2 Å². The Bertz CT molecular complexity index is 1120. The monoisotopic (exact) mass is 496 g/mol. The maximum absolute atomic E-state index is 13.3. The molecular formula is C23H30F2N4O4S. The third-order valence-corrected chi connectivity index (χ3v) is 10.9. The van der Waals surface area contributed by atoms with Crippen LogP contribution in [0.1, 0.15) is 44.9 Å². The van der Waals surface area contributed by atoms with E-state index in [2.05, 4.69) is 14.8 Å². The molecule has 11 heteroatoms. The number of halogens is 2. The van der Waals surface area contributed by atoms with E-state index in [1.165, 1.54) is 24.3 Å². The molecule has 6 rings (SSSR count). The predicted molar refractivity (Wildman–Crippen MR) is 118 cm³/mol. The zero-order chi connectivity index (χ0) is 23.9. The summed E-state index contributed by atoms with van der Waals surface area (Å²) in [6.07, 6.45) is 6.01. The van der Waals surface area contributed by atoms with E-state index in [1.807, 2.05) is 0 Å². The van der Waals surface area contributed by atoms with E-state index in [0.717, 1.165) is 44.9 Å². The van der Waals surface area contributed by atoms with E-state index in [-0.39, 0.29) is 40.2 Å². The average molecular weight is 497 g/mol. The number of benzene rings is 1. The van der Waals surface area contributed by atoms with Gasteiger partial charge in [0.25, 0.3) is 0 Å². The summed E-state index contributed by atoms with van der Waals surface area (Å²) in [6, 6.07) is 5.07. The molecule has 1 amide bonds. The fourth-order valence-corrected chi connectivity index (χ4v) is 9.87. The summed E-state index contributed by atoms with van der Waals surface area (Å²) in [5.41, 5.74) is 5.13. The van der Waals surface area contributed by atoms with Gasteiger partial charge >= 0.3 is 6.61 Å². The number of hydrogen-bond donors (Lipinski definition) is 3. The Morgan fingerprint density at radius 3 is 2.50 bits per heavy atom. The Morgan fingerprint density at radius 1 is 1.15 bits per heavy atom. The summed E-state index contributed by atoms with van der Waals surface area (Å²) in [5.74, 6) is 0.785. The lowest BCUT2D eigenvalue weighted by molar-refractivity contribution is -0.226. The number of nitrogens with one attached hydrogen (secondary N) is 2. The summed E-state index contributed by atoms with van der Waals surface area (Å²) in [4.78, 5) is 14.6. The van der Waals surface area contributed by atoms with E-state index >= 15 is 0 Å². The largest absolute Gasteiger partial charge is 0.435 e. The molecular weight excluding hydrogens is 466 g/mol. The van der Waals surface area contributed by atoms with Crippen molar-refractivity contribution in [3.63, 3.8) is 0 Å². The molecule has 2 bridgehead atoms. The van der Waals surface area contributed by atoms with E-state index in [4.69, 9.17) is 5.73 Å². The van der Waals surface area contributed by atoms with Gasteiger partial charge in [0.2, 0.25) is 15.9 Å². The number of hydrogen-bond acceptors (Lipinski definition) is 6. The number of nitrogens with two attached hydrogens (primary N) is 1. The molecule has 5 aliphatic rings.